The van der Waals surface area contributed by atoms with E-state index >= 15 is 0 Å². The van der Waals surface area contributed by atoms with Crippen molar-refractivity contribution >= 4 is 0 Å². The Hall–Kier alpha value is -4.78. The zero-order chi connectivity index (χ0) is 30.0. The lowest BCUT2D eigenvalue weighted by atomic mass is 9.96. The number of fused-ring (bicyclic) bond motifs is 1. The van der Waals surface area contributed by atoms with Crippen LogP contribution in [0.25, 0.3) is 39.4 Å². The molecule has 3 aromatic carbocycles. The smallest absolute Gasteiger partial charge is 0.440 e. The topological polar surface area (TPSA) is 82.5 Å². The van der Waals surface area contributed by atoms with Crippen LogP contribution in [0, 0.1) is 19.7 Å². The summed E-state index contributed by atoms with van der Waals surface area (Å²) in [5.74, 6) is -0.801. The molecule has 0 saturated carbocycles. The molecule has 1 aliphatic heterocycles. The first-order chi connectivity index (χ1) is 19.8. The molecule has 2 aromatic heterocycles. The fraction of sp³-hybridized carbons (Fsp3) is 0.172. The first-order valence-corrected chi connectivity index (χ1v) is 12.4. The van der Waals surface area contributed by atoms with Crippen molar-refractivity contribution in [3.63, 3.8) is 0 Å². The average Bonchev–Trinajstić information content (AvgIpc) is 3.63. The zero-order valence-corrected chi connectivity index (χ0v) is 21.8. The van der Waals surface area contributed by atoms with E-state index in [4.69, 9.17) is 4.42 Å². The van der Waals surface area contributed by atoms with Crippen molar-refractivity contribution < 1.29 is 45.3 Å². The van der Waals surface area contributed by atoms with Crippen molar-refractivity contribution in [2.24, 2.45) is 0 Å². The lowest BCUT2D eigenvalue weighted by Gasteiger charge is -2.14. The summed E-state index contributed by atoms with van der Waals surface area (Å²) in [5.41, 5.74) is 1.26. The van der Waals surface area contributed by atoms with Crippen LogP contribution in [-0.4, -0.2) is 26.2 Å². The number of aryl methyl sites for hydroxylation is 2. The number of aliphatic hydroxyl groups is 1. The summed E-state index contributed by atoms with van der Waals surface area (Å²) in [6, 6.07) is 12.4. The molecule has 7 nitrogen and oxygen atoms in total. The van der Waals surface area contributed by atoms with Crippen molar-refractivity contribution in [1.82, 2.24) is 14.8 Å². The number of ether oxygens (including phenoxy) is 2. The van der Waals surface area contributed by atoms with E-state index in [2.05, 4.69) is 19.6 Å². The van der Waals surface area contributed by atoms with Crippen molar-refractivity contribution in [3.05, 3.63) is 89.3 Å². The van der Waals surface area contributed by atoms with Gasteiger partial charge in [-0.25, -0.2) is 14.1 Å². The van der Waals surface area contributed by atoms with Gasteiger partial charge >= 0.3 is 12.5 Å². The predicted molar refractivity (Wildman–Crippen MR) is 136 cm³/mol. The van der Waals surface area contributed by atoms with E-state index in [9.17, 15) is 31.4 Å². The van der Waals surface area contributed by atoms with Gasteiger partial charge in [-0.3, -0.25) is 0 Å². The number of alkyl halides is 5. The van der Waals surface area contributed by atoms with Gasteiger partial charge in [-0.1, -0.05) is 12.1 Å². The maximum absolute atomic E-state index is 14.7. The van der Waals surface area contributed by atoms with Gasteiger partial charge in [0.15, 0.2) is 28.8 Å². The summed E-state index contributed by atoms with van der Waals surface area (Å²) < 4.78 is 98.2. The van der Waals surface area contributed by atoms with E-state index in [1.54, 1.807) is 32.0 Å². The van der Waals surface area contributed by atoms with Gasteiger partial charge in [0.05, 0.1) is 12.3 Å². The van der Waals surface area contributed by atoms with Gasteiger partial charge in [-0.05, 0) is 66.1 Å². The molecule has 6 rings (SSSR count). The molecule has 0 radical (unpaired) electrons. The van der Waals surface area contributed by atoms with E-state index in [0.29, 0.717) is 22.3 Å². The van der Waals surface area contributed by atoms with Crippen LogP contribution in [0.5, 0.6) is 11.5 Å². The number of hydrogen-bond donors (Lipinski definition) is 1. The molecule has 0 bridgehead atoms. The Morgan fingerprint density at radius 1 is 0.905 bits per heavy atom. The standard InChI is InChI=1S/C29H19F6N3O4/c1-14-9-18(11-21(30)20(14)13-39)16-3-5-22(38-8-7-25(37-38)28(31,32)33)19(10-16)27-26(36-15(2)40-27)17-4-6-23-24(12-17)42-29(34,35)41-23/h3-12,39H,13H2,1-2H3. The summed E-state index contributed by atoms with van der Waals surface area (Å²) in [7, 11) is 0. The van der Waals surface area contributed by atoms with Gasteiger partial charge in [0.25, 0.3) is 0 Å². The maximum Gasteiger partial charge on any atom is 0.586 e. The molecular weight excluding hydrogens is 568 g/mol. The van der Waals surface area contributed by atoms with Crippen molar-refractivity contribution in [2.75, 3.05) is 0 Å². The molecule has 0 spiro atoms. The molecule has 0 fully saturated rings. The van der Waals surface area contributed by atoms with Gasteiger partial charge < -0.3 is 19.0 Å². The minimum Gasteiger partial charge on any atom is -0.440 e. The predicted octanol–water partition coefficient (Wildman–Crippen LogP) is 7.45. The molecule has 3 heterocycles. The highest BCUT2D eigenvalue weighted by atomic mass is 19.4. The molecule has 1 N–H and O–H groups in total. The van der Waals surface area contributed by atoms with Crippen LogP contribution in [-0.2, 0) is 12.8 Å². The number of benzene rings is 3. The monoisotopic (exact) mass is 587 g/mol. The Morgan fingerprint density at radius 2 is 1.64 bits per heavy atom. The van der Waals surface area contributed by atoms with Crippen LogP contribution in [0.1, 0.15) is 22.7 Å². The van der Waals surface area contributed by atoms with E-state index in [0.717, 1.165) is 16.9 Å². The van der Waals surface area contributed by atoms with Gasteiger partial charge in [0.2, 0.25) is 0 Å². The Labute approximate surface area is 233 Å². The highest BCUT2D eigenvalue weighted by Gasteiger charge is 2.43. The number of nitrogens with zero attached hydrogens (tertiary/aromatic N) is 3. The third kappa shape index (κ3) is 4.85. The Kier molecular flexibility index (Phi) is 6.30. The number of hydrogen-bond acceptors (Lipinski definition) is 6. The van der Waals surface area contributed by atoms with Crippen LogP contribution in [0.15, 0.2) is 65.2 Å². The average molecular weight is 587 g/mol. The Morgan fingerprint density at radius 3 is 2.33 bits per heavy atom. The minimum atomic E-state index is -4.70. The van der Waals surface area contributed by atoms with Gasteiger partial charge in [-0.2, -0.15) is 18.3 Å². The minimum absolute atomic E-state index is 0.0863. The normalized spacial score (nSPS) is 14.0. The van der Waals surface area contributed by atoms with Crippen molar-refractivity contribution in [1.29, 1.82) is 0 Å². The van der Waals surface area contributed by atoms with E-state index in [1.165, 1.54) is 30.3 Å². The van der Waals surface area contributed by atoms with Crippen molar-refractivity contribution in [2.45, 2.75) is 32.9 Å². The molecule has 5 aromatic rings. The number of aromatic nitrogens is 3. The van der Waals surface area contributed by atoms with Crippen LogP contribution < -0.4 is 9.47 Å². The molecule has 1 aliphatic rings. The van der Waals surface area contributed by atoms with Crippen LogP contribution in [0.2, 0.25) is 0 Å². The molecule has 0 aliphatic carbocycles. The molecule has 0 unspecified atom stereocenters. The fourth-order valence-electron chi connectivity index (χ4n) is 4.75. The number of oxazole rings is 1. The largest absolute Gasteiger partial charge is 0.586 e. The third-order valence-electron chi connectivity index (χ3n) is 6.69. The second-order valence-corrected chi connectivity index (χ2v) is 9.53. The SMILES string of the molecule is Cc1nc(-c2ccc3c(c2)OC(F)(F)O3)c(-c2cc(-c3cc(C)c(CO)c(F)c3)ccc2-n2ccc(C(F)(F)F)n2)o1. The summed E-state index contributed by atoms with van der Waals surface area (Å²) in [5, 5.41) is 13.2. The lowest BCUT2D eigenvalue weighted by molar-refractivity contribution is -0.286. The molecule has 42 heavy (non-hydrogen) atoms. The highest BCUT2D eigenvalue weighted by Crippen LogP contribution is 2.45. The van der Waals surface area contributed by atoms with Crippen LogP contribution in [0.3, 0.4) is 0 Å². The van der Waals surface area contributed by atoms with Gasteiger partial charge in [0.1, 0.15) is 11.5 Å². The second kappa shape index (κ2) is 9.65. The van der Waals surface area contributed by atoms with Gasteiger partial charge in [0, 0.05) is 29.8 Å². The highest BCUT2D eigenvalue weighted by molar-refractivity contribution is 5.85. The summed E-state index contributed by atoms with van der Waals surface area (Å²) >= 11 is 0. The molecule has 216 valence electrons. The van der Waals surface area contributed by atoms with Crippen LogP contribution in [0.4, 0.5) is 26.3 Å². The van der Waals surface area contributed by atoms with E-state index in [-0.39, 0.29) is 45.7 Å². The molecule has 13 heteroatoms. The fourth-order valence-corrected chi connectivity index (χ4v) is 4.75. The van der Waals surface area contributed by atoms with Gasteiger partial charge in [-0.15, -0.1) is 8.78 Å². The van der Waals surface area contributed by atoms with E-state index in [1.807, 2.05) is 0 Å². The molecule has 0 amide bonds. The van der Waals surface area contributed by atoms with E-state index < -0.39 is 30.6 Å². The van der Waals surface area contributed by atoms with Crippen LogP contribution >= 0.6 is 0 Å². The maximum atomic E-state index is 14.7. The molecule has 0 saturated heterocycles. The number of rotatable bonds is 5. The summed E-state index contributed by atoms with van der Waals surface area (Å²) in [6.07, 6.45) is -7.41. The quantitative estimate of drug-likeness (QED) is 0.215. The first-order valence-electron chi connectivity index (χ1n) is 12.4. The Balaban J connectivity index is 1.55. The van der Waals surface area contributed by atoms with Crippen molar-refractivity contribution in [3.8, 4) is 50.9 Å². The summed E-state index contributed by atoms with van der Waals surface area (Å²) in [6.45, 7) is 2.68. The second-order valence-electron chi connectivity index (χ2n) is 9.53. The summed E-state index contributed by atoms with van der Waals surface area (Å²) in [4.78, 5) is 4.40. The molecular formula is C29H19F6N3O4. The molecule has 0 atom stereocenters. The third-order valence-corrected chi connectivity index (χ3v) is 6.69. The zero-order valence-electron chi connectivity index (χ0n) is 21.8. The number of aliphatic hydroxyl groups excluding tert-OH is 1. The lowest BCUT2D eigenvalue weighted by Crippen LogP contribution is -2.25. The number of halogens is 6. The first kappa shape index (κ1) is 27.4. The Bertz CT molecular complexity index is 1820.